The summed E-state index contributed by atoms with van der Waals surface area (Å²) in [5.74, 6) is 1.07. The summed E-state index contributed by atoms with van der Waals surface area (Å²) in [5, 5.41) is 10.1. The molecule has 2 fully saturated rings. The minimum absolute atomic E-state index is 0.0180. The van der Waals surface area contributed by atoms with E-state index in [1.807, 2.05) is 12.1 Å². The molecule has 0 spiro atoms. The molecule has 2 aliphatic rings. The van der Waals surface area contributed by atoms with Gasteiger partial charge in [0, 0.05) is 49.9 Å². The van der Waals surface area contributed by atoms with Gasteiger partial charge < -0.3 is 20.7 Å². The third-order valence-corrected chi connectivity index (χ3v) is 5.81. The van der Waals surface area contributed by atoms with Crippen molar-refractivity contribution in [2.45, 2.75) is 19.3 Å². The average molecular weight is 416 g/mol. The molecule has 7 nitrogen and oxygen atoms in total. The molecule has 4 rings (SSSR count). The van der Waals surface area contributed by atoms with Gasteiger partial charge in [-0.05, 0) is 49.9 Å². The lowest BCUT2D eigenvalue weighted by Crippen LogP contribution is -2.25. The van der Waals surface area contributed by atoms with E-state index < -0.39 is 0 Å². The summed E-state index contributed by atoms with van der Waals surface area (Å²) in [7, 11) is 0. The zero-order valence-electron chi connectivity index (χ0n) is 16.3. The molecule has 1 atom stereocenters. The first-order chi connectivity index (χ1) is 14.2. The number of aromatic nitrogens is 2. The Morgan fingerprint density at radius 1 is 1.24 bits per heavy atom. The van der Waals surface area contributed by atoms with Crippen LogP contribution in [0, 0.1) is 11.8 Å². The number of hydrogen-bond acceptors (Lipinski definition) is 6. The molecule has 0 aromatic carbocycles. The Morgan fingerprint density at radius 2 is 2.10 bits per heavy atom. The summed E-state index contributed by atoms with van der Waals surface area (Å²) in [5.41, 5.74) is 2.49. The van der Waals surface area contributed by atoms with Gasteiger partial charge in [-0.1, -0.05) is 11.6 Å². The zero-order chi connectivity index (χ0) is 20.1. The van der Waals surface area contributed by atoms with Crippen molar-refractivity contribution in [1.29, 1.82) is 0 Å². The van der Waals surface area contributed by atoms with Crippen molar-refractivity contribution >= 4 is 29.0 Å². The van der Waals surface area contributed by atoms with E-state index in [1.54, 1.807) is 18.5 Å². The number of amides is 1. The highest BCUT2D eigenvalue weighted by Crippen LogP contribution is 2.29. The minimum atomic E-state index is -0.0215. The van der Waals surface area contributed by atoms with Crippen LogP contribution in [0.25, 0.3) is 11.3 Å². The van der Waals surface area contributed by atoms with Gasteiger partial charge in [-0.3, -0.25) is 9.78 Å². The molecule has 4 heterocycles. The molecular formula is C21H26ClN5O2. The lowest BCUT2D eigenvalue weighted by atomic mass is 10.0. The molecule has 2 aromatic rings. The van der Waals surface area contributed by atoms with Gasteiger partial charge >= 0.3 is 0 Å². The molecular weight excluding hydrogens is 390 g/mol. The predicted octanol–water partition coefficient (Wildman–Crippen LogP) is 3.18. The largest absolute Gasteiger partial charge is 0.385 e. The van der Waals surface area contributed by atoms with Gasteiger partial charge in [-0.15, -0.1) is 0 Å². The molecule has 8 heteroatoms. The number of ether oxygens (including phenoxy) is 1. The first kappa shape index (κ1) is 20.1. The van der Waals surface area contributed by atoms with E-state index in [1.165, 1.54) is 0 Å². The molecule has 154 valence electrons. The van der Waals surface area contributed by atoms with Gasteiger partial charge in [-0.25, -0.2) is 4.98 Å². The number of carbonyl (C=O) groups excluding carboxylic acids is 1. The summed E-state index contributed by atoms with van der Waals surface area (Å²) < 4.78 is 5.42. The summed E-state index contributed by atoms with van der Waals surface area (Å²) in [6.45, 7) is 4.16. The second-order valence-corrected chi connectivity index (χ2v) is 8.00. The fourth-order valence-corrected chi connectivity index (χ4v) is 3.91. The maximum absolute atomic E-state index is 12.4. The van der Waals surface area contributed by atoms with Crippen LogP contribution in [-0.2, 0) is 9.53 Å². The van der Waals surface area contributed by atoms with E-state index in [9.17, 15) is 4.79 Å². The predicted molar refractivity (Wildman–Crippen MR) is 114 cm³/mol. The van der Waals surface area contributed by atoms with Crippen molar-refractivity contribution in [2.75, 3.05) is 43.5 Å². The number of pyridine rings is 2. The number of hydrogen-bond donors (Lipinski definition) is 3. The number of rotatable bonds is 6. The third kappa shape index (κ3) is 5.23. The van der Waals surface area contributed by atoms with Crippen LogP contribution in [-0.4, -0.2) is 48.7 Å². The highest BCUT2D eigenvalue weighted by molar-refractivity contribution is 6.33. The second-order valence-electron chi connectivity index (χ2n) is 7.59. The summed E-state index contributed by atoms with van der Waals surface area (Å²) in [6.07, 6.45) is 6.33. The second kappa shape index (κ2) is 9.52. The van der Waals surface area contributed by atoms with Crippen LogP contribution in [0.2, 0.25) is 5.02 Å². The Labute approximate surface area is 175 Å². The number of nitrogens with one attached hydrogen (secondary N) is 3. The maximum atomic E-state index is 12.4. The van der Waals surface area contributed by atoms with Crippen LogP contribution in [0.3, 0.4) is 0 Å². The normalized spacial score (nSPS) is 19.8. The molecule has 2 aliphatic heterocycles. The molecule has 29 heavy (non-hydrogen) atoms. The van der Waals surface area contributed by atoms with Crippen LogP contribution in [0.5, 0.6) is 0 Å². The number of halogens is 1. The summed E-state index contributed by atoms with van der Waals surface area (Å²) >= 11 is 6.39. The summed E-state index contributed by atoms with van der Waals surface area (Å²) in [6, 6.07) is 5.72. The topological polar surface area (TPSA) is 88.2 Å². The van der Waals surface area contributed by atoms with E-state index in [-0.39, 0.29) is 11.8 Å². The first-order valence-corrected chi connectivity index (χ1v) is 10.5. The highest BCUT2D eigenvalue weighted by Gasteiger charge is 2.23. The molecule has 2 saturated heterocycles. The van der Waals surface area contributed by atoms with Gasteiger partial charge in [-0.2, -0.15) is 0 Å². The molecule has 0 aliphatic carbocycles. The van der Waals surface area contributed by atoms with Gasteiger partial charge in [0.15, 0.2) is 0 Å². The summed E-state index contributed by atoms with van der Waals surface area (Å²) in [4.78, 5) is 21.1. The van der Waals surface area contributed by atoms with Crippen molar-refractivity contribution < 1.29 is 9.53 Å². The molecule has 3 N–H and O–H groups in total. The van der Waals surface area contributed by atoms with Crippen molar-refractivity contribution in [3.05, 3.63) is 35.6 Å². The van der Waals surface area contributed by atoms with Crippen molar-refractivity contribution in [3.8, 4) is 11.3 Å². The Bertz CT molecular complexity index is 851. The maximum Gasteiger partial charge on any atom is 0.229 e. The quantitative estimate of drug-likeness (QED) is 0.671. The number of anilines is 2. The van der Waals surface area contributed by atoms with E-state index in [4.69, 9.17) is 16.3 Å². The standard InChI is InChI=1S/C21H26ClN5O2/c22-18-13-26-20(27-21(28)15-1-5-23-12-15)10-17(18)19-9-16(2-6-24-19)25-11-14-3-7-29-8-4-14/h2,6,9-10,13-15,23H,1,3-5,7-8,11-12H2,(H,24,25)(H,26,27,28)/t15-/m1/s1. The molecule has 0 unspecified atom stereocenters. The van der Waals surface area contributed by atoms with E-state index in [0.717, 1.165) is 62.5 Å². The Hall–Kier alpha value is -2.22. The number of carbonyl (C=O) groups is 1. The van der Waals surface area contributed by atoms with Crippen molar-refractivity contribution in [3.63, 3.8) is 0 Å². The average Bonchev–Trinajstić information content (AvgIpc) is 3.30. The lowest BCUT2D eigenvalue weighted by Gasteiger charge is -2.22. The molecule has 2 aromatic heterocycles. The Morgan fingerprint density at radius 3 is 2.90 bits per heavy atom. The minimum Gasteiger partial charge on any atom is -0.385 e. The van der Waals surface area contributed by atoms with E-state index in [2.05, 4.69) is 25.9 Å². The van der Waals surface area contributed by atoms with Crippen LogP contribution in [0.4, 0.5) is 11.5 Å². The van der Waals surface area contributed by atoms with Crippen LogP contribution < -0.4 is 16.0 Å². The Kier molecular flexibility index (Phi) is 6.59. The third-order valence-electron chi connectivity index (χ3n) is 5.51. The van der Waals surface area contributed by atoms with Crippen molar-refractivity contribution in [2.24, 2.45) is 11.8 Å². The number of nitrogens with zero attached hydrogens (tertiary/aromatic N) is 2. The SMILES string of the molecule is O=C(Nc1cc(-c2cc(NCC3CCOCC3)ccn2)c(Cl)cn1)[C@@H]1CCNC1. The smallest absolute Gasteiger partial charge is 0.229 e. The fourth-order valence-electron chi connectivity index (χ4n) is 3.71. The lowest BCUT2D eigenvalue weighted by molar-refractivity contribution is -0.119. The molecule has 0 bridgehead atoms. The van der Waals surface area contributed by atoms with Crippen molar-refractivity contribution in [1.82, 2.24) is 15.3 Å². The van der Waals surface area contributed by atoms with Crippen LogP contribution >= 0.6 is 11.6 Å². The molecule has 0 radical (unpaired) electrons. The van der Waals surface area contributed by atoms with Crippen LogP contribution in [0.1, 0.15) is 19.3 Å². The van der Waals surface area contributed by atoms with Gasteiger partial charge in [0.25, 0.3) is 0 Å². The zero-order valence-corrected chi connectivity index (χ0v) is 17.0. The Balaban J connectivity index is 1.46. The fraction of sp³-hybridized carbons (Fsp3) is 0.476. The van der Waals surface area contributed by atoms with Crippen LogP contribution in [0.15, 0.2) is 30.6 Å². The van der Waals surface area contributed by atoms with Gasteiger partial charge in [0.05, 0.1) is 16.6 Å². The highest BCUT2D eigenvalue weighted by atomic mass is 35.5. The van der Waals surface area contributed by atoms with Gasteiger partial charge in [0.1, 0.15) is 5.82 Å². The van der Waals surface area contributed by atoms with E-state index in [0.29, 0.717) is 23.3 Å². The molecule has 1 amide bonds. The van der Waals surface area contributed by atoms with E-state index >= 15 is 0 Å². The first-order valence-electron chi connectivity index (χ1n) is 10.1. The molecule has 0 saturated carbocycles. The van der Waals surface area contributed by atoms with Gasteiger partial charge in [0.2, 0.25) is 5.91 Å². The monoisotopic (exact) mass is 415 g/mol.